The summed E-state index contributed by atoms with van der Waals surface area (Å²) in [5, 5.41) is 2.97. The Bertz CT molecular complexity index is 1670. The zero-order valence-electron chi connectivity index (χ0n) is 35.1. The summed E-state index contributed by atoms with van der Waals surface area (Å²) < 4.78 is 30.8. The van der Waals surface area contributed by atoms with Crippen molar-refractivity contribution in [1.82, 2.24) is 4.90 Å². The minimum atomic E-state index is -2.16. The first-order valence-electron chi connectivity index (χ1n) is 18.7. The standard InChI is InChI=1S/C42H62N2O10Si/c1-39(2,3)36(47)52-30-25-50-35(33(54-38(49)41(7,8)9)32(30)53-37(48)40(4,5)6)44(26-45)31(27-20-16-15-17-21-27)34(46)43-29-23-19-18-22-28(29)24-51-55(13,14)42(10,11)12/h15-23,26,30-33,35H,24-25H2,1-14H3,(H,43,46)/t30-,31+,32-,33+,35+/m1/s1. The van der Waals surface area contributed by atoms with Crippen LogP contribution in [0.1, 0.15) is 100 Å². The molecule has 1 aliphatic heterocycles. The molecule has 0 spiro atoms. The Morgan fingerprint density at radius 3 is 1.76 bits per heavy atom. The maximum Gasteiger partial charge on any atom is 0.311 e. The molecule has 12 nitrogen and oxygen atoms in total. The van der Waals surface area contributed by atoms with Gasteiger partial charge in [-0.3, -0.25) is 28.9 Å². The average molecular weight is 783 g/mol. The van der Waals surface area contributed by atoms with Crippen molar-refractivity contribution in [3.63, 3.8) is 0 Å². The first kappa shape index (κ1) is 45.3. The van der Waals surface area contributed by atoms with E-state index in [1.54, 1.807) is 105 Å². The van der Waals surface area contributed by atoms with Gasteiger partial charge in [-0.1, -0.05) is 69.3 Å². The monoisotopic (exact) mass is 782 g/mol. The predicted octanol–water partition coefficient (Wildman–Crippen LogP) is 7.58. The second-order valence-electron chi connectivity index (χ2n) is 18.7. The SMILES string of the molecule is CC(C)(C)C(=O)O[C@H]1[C@H](OC(=O)C(C)(C)C)[C@@H](N(C=O)[C@H](C(=O)Nc2ccccc2CO[Si](C)(C)C(C)(C)C)c2ccccc2)OC[C@H]1OC(=O)C(C)(C)C. The molecule has 55 heavy (non-hydrogen) atoms. The lowest BCUT2D eigenvalue weighted by Crippen LogP contribution is -2.64. The van der Waals surface area contributed by atoms with Gasteiger partial charge in [0.15, 0.2) is 32.9 Å². The Balaban J connectivity index is 2.16. The minimum absolute atomic E-state index is 0.0375. The molecule has 0 radical (unpaired) electrons. The van der Waals surface area contributed by atoms with E-state index in [4.69, 9.17) is 23.4 Å². The highest BCUT2D eigenvalue weighted by molar-refractivity contribution is 6.74. The van der Waals surface area contributed by atoms with E-state index in [2.05, 4.69) is 39.2 Å². The van der Waals surface area contributed by atoms with Gasteiger partial charge in [0.05, 0.1) is 29.5 Å². The van der Waals surface area contributed by atoms with Gasteiger partial charge in [0.2, 0.25) is 6.41 Å². The highest BCUT2D eigenvalue weighted by atomic mass is 28.4. The molecule has 0 unspecified atom stereocenters. The molecule has 3 rings (SSSR count). The quantitative estimate of drug-likeness (QED) is 0.0990. The van der Waals surface area contributed by atoms with Crippen molar-refractivity contribution in [2.45, 2.75) is 138 Å². The van der Waals surface area contributed by atoms with Crippen LogP contribution in [0.5, 0.6) is 0 Å². The first-order chi connectivity index (χ1) is 25.2. The Morgan fingerprint density at radius 1 is 0.764 bits per heavy atom. The fourth-order valence-corrected chi connectivity index (χ4v) is 6.05. The Kier molecular flexibility index (Phi) is 14.3. The second kappa shape index (κ2) is 17.4. The smallest absolute Gasteiger partial charge is 0.311 e. The van der Waals surface area contributed by atoms with Gasteiger partial charge in [-0.05, 0) is 97.6 Å². The maximum atomic E-state index is 14.6. The van der Waals surface area contributed by atoms with E-state index in [0.717, 1.165) is 10.5 Å². The van der Waals surface area contributed by atoms with Crippen LogP contribution in [0.2, 0.25) is 18.1 Å². The maximum absolute atomic E-state index is 14.6. The van der Waals surface area contributed by atoms with Crippen LogP contribution >= 0.6 is 0 Å². The molecule has 2 aromatic rings. The number of rotatable bonds is 12. The molecule has 1 saturated heterocycles. The van der Waals surface area contributed by atoms with Crippen LogP contribution in [0.25, 0.3) is 0 Å². The number of hydrogen-bond acceptors (Lipinski definition) is 10. The summed E-state index contributed by atoms with van der Waals surface area (Å²) in [6.07, 6.45) is -5.20. The number of nitrogens with zero attached hydrogens (tertiary/aromatic N) is 1. The zero-order chi connectivity index (χ0) is 41.7. The van der Waals surface area contributed by atoms with E-state index in [1.165, 1.54) is 0 Å². The molecule has 13 heteroatoms. The van der Waals surface area contributed by atoms with Gasteiger partial charge < -0.3 is 28.7 Å². The molecule has 1 aliphatic rings. The summed E-state index contributed by atoms with van der Waals surface area (Å²) in [6.45, 7) is 25.6. The molecule has 0 bridgehead atoms. The lowest BCUT2D eigenvalue weighted by Gasteiger charge is -2.46. The summed E-state index contributed by atoms with van der Waals surface area (Å²) in [4.78, 5) is 69.4. The van der Waals surface area contributed by atoms with Gasteiger partial charge in [-0.15, -0.1) is 0 Å². The van der Waals surface area contributed by atoms with Crippen LogP contribution in [0.15, 0.2) is 54.6 Å². The topological polar surface area (TPSA) is 147 Å². The number of hydrogen-bond donors (Lipinski definition) is 1. The van der Waals surface area contributed by atoms with Gasteiger partial charge in [0.1, 0.15) is 6.04 Å². The number of carbonyl (C=O) groups is 5. The molecule has 1 heterocycles. The third-order valence-electron chi connectivity index (χ3n) is 9.73. The predicted molar refractivity (Wildman–Crippen MR) is 212 cm³/mol. The van der Waals surface area contributed by atoms with E-state index in [9.17, 15) is 24.0 Å². The summed E-state index contributed by atoms with van der Waals surface area (Å²) in [6, 6.07) is 14.6. The normalized spacial score (nSPS) is 20.1. The van der Waals surface area contributed by atoms with Crippen LogP contribution < -0.4 is 5.32 Å². The van der Waals surface area contributed by atoms with Gasteiger partial charge >= 0.3 is 17.9 Å². The number of nitrogens with one attached hydrogen (secondary N) is 1. The molecule has 0 aliphatic carbocycles. The van der Waals surface area contributed by atoms with Crippen molar-refractivity contribution in [2.24, 2.45) is 16.2 Å². The highest BCUT2D eigenvalue weighted by Gasteiger charge is 2.53. The molecular weight excluding hydrogens is 721 g/mol. The van der Waals surface area contributed by atoms with E-state index in [-0.39, 0.29) is 18.3 Å². The van der Waals surface area contributed by atoms with Crippen molar-refractivity contribution < 1.29 is 47.3 Å². The van der Waals surface area contributed by atoms with E-state index >= 15 is 0 Å². The van der Waals surface area contributed by atoms with Crippen LogP contribution in [0, 0.1) is 16.2 Å². The van der Waals surface area contributed by atoms with Crippen LogP contribution in [0.3, 0.4) is 0 Å². The molecule has 1 N–H and O–H groups in total. The van der Waals surface area contributed by atoms with Crippen molar-refractivity contribution >= 4 is 44.2 Å². The largest absolute Gasteiger partial charge is 0.455 e. The molecule has 304 valence electrons. The van der Waals surface area contributed by atoms with Crippen molar-refractivity contribution in [2.75, 3.05) is 11.9 Å². The summed E-state index contributed by atoms with van der Waals surface area (Å²) in [5.41, 5.74) is -1.33. The van der Waals surface area contributed by atoms with E-state index in [1.807, 2.05) is 12.1 Å². The second-order valence-corrected chi connectivity index (χ2v) is 23.5. The van der Waals surface area contributed by atoms with Crippen LogP contribution in [0.4, 0.5) is 5.69 Å². The fourth-order valence-electron chi connectivity index (χ4n) is 5.10. The summed E-state index contributed by atoms with van der Waals surface area (Å²) >= 11 is 0. The number of amides is 2. The third-order valence-corrected chi connectivity index (χ3v) is 14.2. The Hall–Kier alpha value is -4.07. The lowest BCUT2D eigenvalue weighted by atomic mass is 9.94. The van der Waals surface area contributed by atoms with Crippen molar-refractivity contribution in [3.05, 3.63) is 65.7 Å². The van der Waals surface area contributed by atoms with E-state index in [0.29, 0.717) is 17.7 Å². The van der Waals surface area contributed by atoms with Gasteiger partial charge in [-0.25, -0.2) is 0 Å². The number of esters is 3. The van der Waals surface area contributed by atoms with Gasteiger partial charge in [-0.2, -0.15) is 0 Å². The molecular formula is C42H62N2O10Si. The van der Waals surface area contributed by atoms with Gasteiger partial charge in [0.25, 0.3) is 5.91 Å². The number of anilines is 1. The van der Waals surface area contributed by atoms with Crippen LogP contribution in [-0.2, 0) is 54.0 Å². The number of benzene rings is 2. The lowest BCUT2D eigenvalue weighted by molar-refractivity contribution is -0.256. The Morgan fingerprint density at radius 2 is 1.25 bits per heavy atom. The fraction of sp³-hybridized carbons (Fsp3) is 0.595. The van der Waals surface area contributed by atoms with E-state index < -0.39 is 79.0 Å². The highest BCUT2D eigenvalue weighted by Crippen LogP contribution is 2.38. The zero-order valence-corrected chi connectivity index (χ0v) is 36.1. The van der Waals surface area contributed by atoms with Crippen LogP contribution in [-0.4, -0.2) is 74.6 Å². The summed E-state index contributed by atoms with van der Waals surface area (Å²) in [7, 11) is -2.16. The number of para-hydroxylation sites is 1. The number of ether oxygens (including phenoxy) is 4. The molecule has 2 amide bonds. The van der Waals surface area contributed by atoms with Crippen molar-refractivity contribution in [1.29, 1.82) is 0 Å². The molecule has 1 fully saturated rings. The van der Waals surface area contributed by atoms with Crippen molar-refractivity contribution in [3.8, 4) is 0 Å². The minimum Gasteiger partial charge on any atom is -0.455 e. The molecule has 2 aromatic carbocycles. The number of carbonyl (C=O) groups excluding carboxylic acids is 5. The molecule has 0 aromatic heterocycles. The Labute approximate surface area is 328 Å². The first-order valence-corrected chi connectivity index (χ1v) is 21.6. The average Bonchev–Trinajstić information content (AvgIpc) is 3.06. The molecule has 5 atom stereocenters. The summed E-state index contributed by atoms with van der Waals surface area (Å²) in [5.74, 6) is -2.57. The molecule has 0 saturated carbocycles. The van der Waals surface area contributed by atoms with Gasteiger partial charge in [0, 0.05) is 5.69 Å². The third kappa shape index (κ3) is 11.7.